The second-order valence-corrected chi connectivity index (χ2v) is 5.79. The van der Waals surface area contributed by atoms with E-state index < -0.39 is 16.7 Å². The number of carbonyl (C=O) groups is 2. The molecular formula is C18H17N5O4. The number of aromatic nitrogens is 2. The van der Waals surface area contributed by atoms with E-state index in [0.29, 0.717) is 11.1 Å². The number of para-hydroxylation sites is 1. The fourth-order valence-electron chi connectivity index (χ4n) is 2.87. The molecule has 0 aliphatic carbocycles. The van der Waals surface area contributed by atoms with E-state index in [4.69, 9.17) is 0 Å². The molecule has 0 atom stereocenters. The van der Waals surface area contributed by atoms with E-state index in [1.807, 2.05) is 18.4 Å². The number of hydrogen-bond donors (Lipinski definition) is 2. The van der Waals surface area contributed by atoms with Crippen molar-refractivity contribution < 1.29 is 14.5 Å². The normalized spacial score (nSPS) is 10.6. The number of amides is 2. The molecule has 3 aromatic rings. The molecule has 0 saturated carbocycles. The molecule has 138 valence electrons. The Morgan fingerprint density at radius 1 is 1.15 bits per heavy atom. The quantitative estimate of drug-likeness (QED) is 0.542. The lowest BCUT2D eigenvalue weighted by molar-refractivity contribution is -0.385. The molecule has 1 heterocycles. The molecule has 0 radical (unpaired) electrons. The molecule has 0 bridgehead atoms. The summed E-state index contributed by atoms with van der Waals surface area (Å²) in [6, 6.07) is 10.5. The molecule has 9 heteroatoms. The molecule has 2 aromatic carbocycles. The summed E-state index contributed by atoms with van der Waals surface area (Å²) in [5.41, 5.74) is 5.88. The number of benzene rings is 2. The van der Waals surface area contributed by atoms with Crippen molar-refractivity contribution >= 4 is 28.5 Å². The van der Waals surface area contributed by atoms with Crippen LogP contribution in [-0.2, 0) is 6.54 Å². The SMILES string of the molecule is CCn1c(C)nc2cc(C(=O)NNC(=O)c3ccccc3[N+](=O)[O-])ccc21. The average molecular weight is 367 g/mol. The van der Waals surface area contributed by atoms with Crippen LogP contribution in [0, 0.1) is 17.0 Å². The third-order valence-electron chi connectivity index (χ3n) is 4.15. The van der Waals surface area contributed by atoms with Crippen molar-refractivity contribution in [2.75, 3.05) is 0 Å². The van der Waals surface area contributed by atoms with E-state index in [2.05, 4.69) is 15.8 Å². The summed E-state index contributed by atoms with van der Waals surface area (Å²) in [4.78, 5) is 39.2. The Morgan fingerprint density at radius 3 is 2.56 bits per heavy atom. The number of imidazole rings is 1. The van der Waals surface area contributed by atoms with Crippen molar-refractivity contribution in [2.45, 2.75) is 20.4 Å². The molecule has 0 spiro atoms. The van der Waals surface area contributed by atoms with Gasteiger partial charge in [0.1, 0.15) is 11.4 Å². The van der Waals surface area contributed by atoms with Crippen molar-refractivity contribution in [2.24, 2.45) is 0 Å². The van der Waals surface area contributed by atoms with Crippen LogP contribution in [0.2, 0.25) is 0 Å². The van der Waals surface area contributed by atoms with E-state index in [1.165, 1.54) is 24.3 Å². The number of fused-ring (bicyclic) bond motifs is 1. The Morgan fingerprint density at radius 2 is 1.85 bits per heavy atom. The van der Waals surface area contributed by atoms with Crippen LogP contribution in [0.25, 0.3) is 11.0 Å². The third kappa shape index (κ3) is 3.47. The number of nitro benzene ring substituents is 1. The van der Waals surface area contributed by atoms with Gasteiger partial charge in [0.2, 0.25) is 0 Å². The number of carbonyl (C=O) groups excluding carboxylic acids is 2. The van der Waals surface area contributed by atoms with Gasteiger partial charge >= 0.3 is 0 Å². The van der Waals surface area contributed by atoms with Crippen molar-refractivity contribution in [1.82, 2.24) is 20.4 Å². The first-order valence-electron chi connectivity index (χ1n) is 8.23. The van der Waals surface area contributed by atoms with E-state index in [0.717, 1.165) is 17.9 Å². The topological polar surface area (TPSA) is 119 Å². The largest absolute Gasteiger partial charge is 0.329 e. The Labute approximate surface area is 154 Å². The summed E-state index contributed by atoms with van der Waals surface area (Å²) in [7, 11) is 0. The lowest BCUT2D eigenvalue weighted by atomic mass is 10.1. The van der Waals surface area contributed by atoms with Crippen LogP contribution < -0.4 is 10.9 Å². The maximum atomic E-state index is 12.3. The summed E-state index contributed by atoms with van der Waals surface area (Å²) >= 11 is 0. The van der Waals surface area contributed by atoms with Gasteiger partial charge in [-0.25, -0.2) is 4.98 Å². The lowest BCUT2D eigenvalue weighted by Crippen LogP contribution is -2.41. The smallest absolute Gasteiger partial charge is 0.282 e. The minimum absolute atomic E-state index is 0.143. The number of hydrogen-bond acceptors (Lipinski definition) is 5. The minimum Gasteiger partial charge on any atom is -0.329 e. The maximum absolute atomic E-state index is 12.3. The van der Waals surface area contributed by atoms with Crippen LogP contribution >= 0.6 is 0 Å². The average Bonchev–Trinajstić information content (AvgIpc) is 2.99. The van der Waals surface area contributed by atoms with Gasteiger partial charge in [-0.05, 0) is 38.1 Å². The van der Waals surface area contributed by atoms with E-state index >= 15 is 0 Å². The molecule has 3 rings (SSSR count). The summed E-state index contributed by atoms with van der Waals surface area (Å²) in [6.07, 6.45) is 0. The van der Waals surface area contributed by atoms with Gasteiger partial charge in [-0.1, -0.05) is 12.1 Å². The summed E-state index contributed by atoms with van der Waals surface area (Å²) < 4.78 is 2.02. The number of aryl methyl sites for hydroxylation is 2. The predicted molar refractivity (Wildman–Crippen MR) is 98.2 cm³/mol. The second kappa shape index (κ2) is 7.24. The van der Waals surface area contributed by atoms with Gasteiger partial charge in [0.25, 0.3) is 17.5 Å². The molecule has 27 heavy (non-hydrogen) atoms. The van der Waals surface area contributed by atoms with Crippen molar-refractivity contribution in [3.8, 4) is 0 Å². The summed E-state index contributed by atoms with van der Waals surface area (Å²) in [5, 5.41) is 11.0. The van der Waals surface area contributed by atoms with E-state index in [-0.39, 0.29) is 11.3 Å². The summed E-state index contributed by atoms with van der Waals surface area (Å²) in [5.74, 6) is -0.481. The fraction of sp³-hybridized carbons (Fsp3) is 0.167. The zero-order chi connectivity index (χ0) is 19.6. The number of hydrazine groups is 1. The number of nitrogens with zero attached hydrogens (tertiary/aromatic N) is 3. The first kappa shape index (κ1) is 18.1. The Kier molecular flexibility index (Phi) is 4.84. The zero-order valence-electron chi connectivity index (χ0n) is 14.7. The maximum Gasteiger partial charge on any atom is 0.282 e. The van der Waals surface area contributed by atoms with Gasteiger partial charge in [-0.2, -0.15) is 0 Å². The highest BCUT2D eigenvalue weighted by atomic mass is 16.6. The van der Waals surface area contributed by atoms with Crippen LogP contribution in [0.1, 0.15) is 33.5 Å². The Hall–Kier alpha value is -3.75. The van der Waals surface area contributed by atoms with Gasteiger partial charge < -0.3 is 4.57 Å². The number of rotatable bonds is 4. The number of nitrogens with one attached hydrogen (secondary N) is 2. The summed E-state index contributed by atoms with van der Waals surface area (Å²) in [6.45, 7) is 4.66. The zero-order valence-corrected chi connectivity index (χ0v) is 14.7. The lowest BCUT2D eigenvalue weighted by Gasteiger charge is -2.08. The monoisotopic (exact) mass is 367 g/mol. The van der Waals surface area contributed by atoms with Crippen LogP contribution in [0.4, 0.5) is 5.69 Å². The van der Waals surface area contributed by atoms with E-state index in [9.17, 15) is 19.7 Å². The van der Waals surface area contributed by atoms with Gasteiger partial charge in [0.05, 0.1) is 16.0 Å². The van der Waals surface area contributed by atoms with Gasteiger partial charge in [-0.3, -0.25) is 30.6 Å². The minimum atomic E-state index is -0.775. The third-order valence-corrected chi connectivity index (χ3v) is 4.15. The highest BCUT2D eigenvalue weighted by Gasteiger charge is 2.20. The Bertz CT molecular complexity index is 1060. The van der Waals surface area contributed by atoms with Crippen LogP contribution in [0.3, 0.4) is 0 Å². The highest BCUT2D eigenvalue weighted by molar-refractivity contribution is 6.02. The molecule has 0 aliphatic rings. The number of nitro groups is 1. The van der Waals surface area contributed by atoms with Crippen molar-refractivity contribution in [3.63, 3.8) is 0 Å². The fourth-order valence-corrected chi connectivity index (χ4v) is 2.87. The highest BCUT2D eigenvalue weighted by Crippen LogP contribution is 2.18. The molecule has 0 saturated heterocycles. The van der Waals surface area contributed by atoms with Crippen molar-refractivity contribution in [3.05, 3.63) is 69.5 Å². The predicted octanol–water partition coefficient (Wildman–Crippen LogP) is 2.35. The Balaban J connectivity index is 1.75. The molecule has 9 nitrogen and oxygen atoms in total. The molecular weight excluding hydrogens is 350 g/mol. The van der Waals surface area contributed by atoms with Crippen LogP contribution in [0.15, 0.2) is 42.5 Å². The molecule has 2 amide bonds. The van der Waals surface area contributed by atoms with Gasteiger partial charge in [0.15, 0.2) is 0 Å². The molecule has 0 unspecified atom stereocenters. The van der Waals surface area contributed by atoms with Gasteiger partial charge in [-0.15, -0.1) is 0 Å². The van der Waals surface area contributed by atoms with E-state index in [1.54, 1.807) is 18.2 Å². The van der Waals surface area contributed by atoms with Crippen LogP contribution in [-0.4, -0.2) is 26.3 Å². The van der Waals surface area contributed by atoms with Gasteiger partial charge in [0, 0.05) is 18.2 Å². The molecule has 2 N–H and O–H groups in total. The second-order valence-electron chi connectivity index (χ2n) is 5.79. The molecule has 1 aromatic heterocycles. The standard InChI is InChI=1S/C18H17N5O4/c1-3-22-11(2)19-14-10-12(8-9-16(14)22)17(24)20-21-18(25)13-6-4-5-7-15(13)23(26)27/h4-10H,3H2,1-2H3,(H,20,24)(H,21,25). The van der Waals surface area contributed by atoms with Crippen molar-refractivity contribution in [1.29, 1.82) is 0 Å². The van der Waals surface area contributed by atoms with Crippen LogP contribution in [0.5, 0.6) is 0 Å². The molecule has 0 fully saturated rings. The molecule has 0 aliphatic heterocycles. The first-order chi connectivity index (χ1) is 12.9. The first-order valence-corrected chi connectivity index (χ1v) is 8.23.